The molecule has 0 fully saturated rings. The van der Waals surface area contributed by atoms with Crippen LogP contribution in [0.5, 0.6) is 0 Å². The molecule has 1 amide bonds. The third-order valence-corrected chi connectivity index (χ3v) is 2.80. The number of carboxylic acids is 1. The first kappa shape index (κ1) is 13.0. The molecule has 19 heavy (non-hydrogen) atoms. The maximum absolute atomic E-state index is 12.1. The van der Waals surface area contributed by atoms with E-state index in [0.29, 0.717) is 22.3 Å². The van der Waals surface area contributed by atoms with Crippen molar-refractivity contribution in [3.8, 4) is 0 Å². The number of carbonyl (C=O) groups excluding carboxylic acids is 1. The number of amides is 1. The summed E-state index contributed by atoms with van der Waals surface area (Å²) in [6.07, 6.45) is 0. The van der Waals surface area contributed by atoms with Crippen molar-refractivity contribution in [3.63, 3.8) is 0 Å². The molecule has 0 unspecified atom stereocenters. The van der Waals surface area contributed by atoms with E-state index < -0.39 is 17.9 Å². The second-order valence-electron chi connectivity index (χ2n) is 4.39. The Hall–Kier alpha value is -2.44. The second kappa shape index (κ2) is 4.68. The monoisotopic (exact) mass is 262 g/mol. The number of carboxylic acid groups (broad SMARTS) is 1. The SMILES string of the molecule is Cc1cc(C(=O)N[C@@H](C)C(=O)O)c2c(C)[nH]nc2n1. The van der Waals surface area contributed by atoms with Crippen molar-refractivity contribution in [3.05, 3.63) is 23.0 Å². The maximum atomic E-state index is 12.1. The Bertz CT molecular complexity index is 662. The number of fused-ring (bicyclic) bond motifs is 1. The Morgan fingerprint density at radius 1 is 1.42 bits per heavy atom. The Labute approximate surface area is 109 Å². The number of aromatic amines is 1. The highest BCUT2D eigenvalue weighted by atomic mass is 16.4. The number of pyridine rings is 1. The van der Waals surface area contributed by atoms with Gasteiger partial charge in [-0.25, -0.2) is 4.98 Å². The van der Waals surface area contributed by atoms with Gasteiger partial charge in [-0.2, -0.15) is 5.10 Å². The van der Waals surface area contributed by atoms with Gasteiger partial charge in [0, 0.05) is 11.4 Å². The first-order chi connectivity index (χ1) is 8.90. The summed E-state index contributed by atoms with van der Waals surface area (Å²) in [5.41, 5.74) is 2.19. The van der Waals surface area contributed by atoms with Crippen molar-refractivity contribution in [1.29, 1.82) is 0 Å². The molecule has 100 valence electrons. The minimum Gasteiger partial charge on any atom is -0.480 e. The van der Waals surface area contributed by atoms with Crippen LogP contribution < -0.4 is 5.32 Å². The lowest BCUT2D eigenvalue weighted by Gasteiger charge is -2.10. The van der Waals surface area contributed by atoms with E-state index in [9.17, 15) is 9.59 Å². The molecule has 7 nitrogen and oxygen atoms in total. The number of hydrogen-bond donors (Lipinski definition) is 3. The van der Waals surface area contributed by atoms with Gasteiger partial charge in [-0.3, -0.25) is 14.7 Å². The molecule has 2 aromatic heterocycles. The molecule has 0 saturated carbocycles. The zero-order chi connectivity index (χ0) is 14.2. The van der Waals surface area contributed by atoms with E-state index in [0.717, 1.165) is 5.69 Å². The van der Waals surface area contributed by atoms with Gasteiger partial charge in [-0.05, 0) is 26.8 Å². The number of aryl methyl sites for hydroxylation is 2. The van der Waals surface area contributed by atoms with Crippen molar-refractivity contribution in [2.45, 2.75) is 26.8 Å². The number of H-pyrrole nitrogens is 1. The number of rotatable bonds is 3. The summed E-state index contributed by atoms with van der Waals surface area (Å²) in [7, 11) is 0. The molecule has 2 heterocycles. The molecule has 0 aromatic carbocycles. The lowest BCUT2D eigenvalue weighted by Crippen LogP contribution is -2.38. The Balaban J connectivity index is 2.46. The van der Waals surface area contributed by atoms with Crippen LogP contribution in [0.25, 0.3) is 11.0 Å². The van der Waals surface area contributed by atoms with Crippen molar-refractivity contribution in [2.24, 2.45) is 0 Å². The smallest absolute Gasteiger partial charge is 0.325 e. The molecular formula is C12H14N4O3. The topological polar surface area (TPSA) is 108 Å². The summed E-state index contributed by atoms with van der Waals surface area (Å²) in [5, 5.41) is 18.6. The Kier molecular flexibility index (Phi) is 3.20. The highest BCUT2D eigenvalue weighted by molar-refractivity contribution is 6.07. The quantitative estimate of drug-likeness (QED) is 0.757. The van der Waals surface area contributed by atoms with Gasteiger partial charge in [0.2, 0.25) is 0 Å². The number of aliphatic carboxylic acids is 1. The third-order valence-electron chi connectivity index (χ3n) is 2.80. The van der Waals surface area contributed by atoms with Crippen LogP contribution in [-0.4, -0.2) is 38.2 Å². The van der Waals surface area contributed by atoms with E-state index in [1.165, 1.54) is 6.92 Å². The van der Waals surface area contributed by atoms with Gasteiger partial charge in [-0.15, -0.1) is 0 Å². The summed E-state index contributed by atoms with van der Waals surface area (Å²) >= 11 is 0. The van der Waals surface area contributed by atoms with Crippen molar-refractivity contribution < 1.29 is 14.7 Å². The second-order valence-corrected chi connectivity index (χ2v) is 4.39. The van der Waals surface area contributed by atoms with Gasteiger partial charge in [0.15, 0.2) is 5.65 Å². The van der Waals surface area contributed by atoms with E-state index in [1.807, 2.05) is 0 Å². The first-order valence-corrected chi connectivity index (χ1v) is 5.76. The maximum Gasteiger partial charge on any atom is 0.325 e. The predicted molar refractivity (Wildman–Crippen MR) is 67.9 cm³/mol. The summed E-state index contributed by atoms with van der Waals surface area (Å²) in [4.78, 5) is 27.1. The zero-order valence-corrected chi connectivity index (χ0v) is 10.8. The van der Waals surface area contributed by atoms with E-state index in [4.69, 9.17) is 5.11 Å². The average molecular weight is 262 g/mol. The van der Waals surface area contributed by atoms with Gasteiger partial charge in [0.1, 0.15) is 6.04 Å². The summed E-state index contributed by atoms with van der Waals surface area (Å²) < 4.78 is 0. The van der Waals surface area contributed by atoms with Crippen molar-refractivity contribution in [2.75, 3.05) is 0 Å². The lowest BCUT2D eigenvalue weighted by atomic mass is 10.1. The molecular weight excluding hydrogens is 248 g/mol. The van der Waals surface area contributed by atoms with E-state index >= 15 is 0 Å². The van der Waals surface area contributed by atoms with Crippen LogP contribution in [0.15, 0.2) is 6.07 Å². The molecule has 0 aliphatic heterocycles. The standard InChI is InChI=1S/C12H14N4O3/c1-5-4-8(11(17)14-7(3)12(18)19)9-6(2)15-16-10(9)13-5/h4,7H,1-3H3,(H,14,17)(H,18,19)(H,13,15,16)/t7-/m0/s1. The summed E-state index contributed by atoms with van der Waals surface area (Å²) in [6, 6.07) is 0.664. The van der Waals surface area contributed by atoms with Gasteiger partial charge < -0.3 is 10.4 Å². The number of carbonyl (C=O) groups is 2. The van der Waals surface area contributed by atoms with Gasteiger partial charge in [0.05, 0.1) is 10.9 Å². The molecule has 7 heteroatoms. The molecule has 0 spiro atoms. The number of nitrogens with one attached hydrogen (secondary N) is 2. The zero-order valence-electron chi connectivity index (χ0n) is 10.8. The minimum absolute atomic E-state index is 0.377. The van der Waals surface area contributed by atoms with Crippen LogP contribution in [0.3, 0.4) is 0 Å². The molecule has 0 aliphatic carbocycles. The molecule has 2 rings (SSSR count). The largest absolute Gasteiger partial charge is 0.480 e. The van der Waals surface area contributed by atoms with Crippen molar-refractivity contribution in [1.82, 2.24) is 20.5 Å². The van der Waals surface area contributed by atoms with Crippen molar-refractivity contribution >= 4 is 22.9 Å². The highest BCUT2D eigenvalue weighted by Gasteiger charge is 2.20. The van der Waals surface area contributed by atoms with Crippen LogP contribution in [0.4, 0.5) is 0 Å². The van der Waals surface area contributed by atoms with Gasteiger partial charge in [0.25, 0.3) is 5.91 Å². The molecule has 3 N–H and O–H groups in total. The number of hydrogen-bond acceptors (Lipinski definition) is 4. The normalized spacial score (nSPS) is 12.4. The minimum atomic E-state index is -1.08. The molecule has 0 radical (unpaired) electrons. The molecule has 2 aromatic rings. The Morgan fingerprint density at radius 3 is 2.74 bits per heavy atom. The molecule has 0 saturated heterocycles. The van der Waals surface area contributed by atoms with E-state index in [-0.39, 0.29) is 0 Å². The van der Waals surface area contributed by atoms with Gasteiger partial charge in [-0.1, -0.05) is 0 Å². The van der Waals surface area contributed by atoms with E-state index in [2.05, 4.69) is 20.5 Å². The van der Waals surface area contributed by atoms with Crippen LogP contribution >= 0.6 is 0 Å². The third kappa shape index (κ3) is 2.40. The highest BCUT2D eigenvalue weighted by Crippen LogP contribution is 2.19. The van der Waals surface area contributed by atoms with Crippen LogP contribution in [0.1, 0.15) is 28.7 Å². The van der Waals surface area contributed by atoms with Crippen LogP contribution in [-0.2, 0) is 4.79 Å². The lowest BCUT2D eigenvalue weighted by molar-refractivity contribution is -0.138. The average Bonchev–Trinajstić information content (AvgIpc) is 2.69. The Morgan fingerprint density at radius 2 is 2.11 bits per heavy atom. The fraction of sp³-hybridized carbons (Fsp3) is 0.333. The number of aromatic nitrogens is 3. The van der Waals surface area contributed by atoms with Crippen LogP contribution in [0.2, 0.25) is 0 Å². The number of nitrogens with zero attached hydrogens (tertiary/aromatic N) is 2. The fourth-order valence-electron chi connectivity index (χ4n) is 1.82. The molecule has 0 bridgehead atoms. The summed E-state index contributed by atoms with van der Waals surface area (Å²) in [6.45, 7) is 4.94. The van der Waals surface area contributed by atoms with Gasteiger partial charge >= 0.3 is 5.97 Å². The van der Waals surface area contributed by atoms with E-state index in [1.54, 1.807) is 19.9 Å². The fourth-order valence-corrected chi connectivity index (χ4v) is 1.82. The van der Waals surface area contributed by atoms with Crippen LogP contribution in [0, 0.1) is 13.8 Å². The predicted octanol–water partition coefficient (Wildman–Crippen LogP) is 0.778. The molecule has 1 atom stereocenters. The molecule has 0 aliphatic rings. The first-order valence-electron chi connectivity index (χ1n) is 5.76. The summed E-state index contributed by atoms with van der Waals surface area (Å²) in [5.74, 6) is -1.53.